The Bertz CT molecular complexity index is 1170. The molecule has 0 radical (unpaired) electrons. The summed E-state index contributed by atoms with van der Waals surface area (Å²) >= 11 is 6.36. The maximum Gasteiger partial charge on any atom is 0.259 e. The van der Waals surface area contributed by atoms with Crippen LogP contribution in [0.5, 0.6) is 0 Å². The zero-order chi connectivity index (χ0) is 23.7. The minimum Gasteiger partial charge on any atom is -0.360 e. The van der Waals surface area contributed by atoms with Crippen LogP contribution >= 0.6 is 11.6 Å². The lowest BCUT2D eigenvalue weighted by Crippen LogP contribution is -2.49. The number of aryl methyl sites for hydroxylation is 1. The molecule has 5 rings (SSSR count). The summed E-state index contributed by atoms with van der Waals surface area (Å²) in [5, 5.41) is 4.68. The van der Waals surface area contributed by atoms with E-state index in [1.54, 1.807) is 19.3 Å². The molecule has 178 valence electrons. The second kappa shape index (κ2) is 9.60. The monoisotopic (exact) mass is 481 g/mol. The van der Waals surface area contributed by atoms with Gasteiger partial charge in [-0.1, -0.05) is 35.0 Å². The number of carbonyl (C=O) groups is 1. The van der Waals surface area contributed by atoms with Crippen molar-refractivity contribution in [2.75, 3.05) is 69.2 Å². The number of aromatic nitrogens is 3. The van der Waals surface area contributed by atoms with Gasteiger partial charge in [-0.2, -0.15) is 0 Å². The van der Waals surface area contributed by atoms with Gasteiger partial charge in [-0.15, -0.1) is 0 Å². The van der Waals surface area contributed by atoms with E-state index >= 15 is 0 Å². The third-order valence-corrected chi connectivity index (χ3v) is 6.89. The molecule has 2 aromatic heterocycles. The van der Waals surface area contributed by atoms with Crippen molar-refractivity contribution in [2.45, 2.75) is 6.92 Å². The van der Waals surface area contributed by atoms with E-state index in [-0.39, 0.29) is 5.91 Å². The van der Waals surface area contributed by atoms with E-state index in [0.717, 1.165) is 37.8 Å². The van der Waals surface area contributed by atoms with E-state index < -0.39 is 0 Å². The molecule has 9 nitrogen and oxygen atoms in total. The summed E-state index contributed by atoms with van der Waals surface area (Å²) < 4.78 is 5.39. The van der Waals surface area contributed by atoms with Crippen LogP contribution in [0.15, 0.2) is 41.2 Å². The number of carbonyl (C=O) groups excluding carboxylic acids is 1. The molecule has 4 heterocycles. The van der Waals surface area contributed by atoms with Crippen molar-refractivity contribution < 1.29 is 9.32 Å². The number of hydrogen-bond acceptors (Lipinski definition) is 8. The molecule has 0 bridgehead atoms. The molecule has 3 aromatic rings. The first-order valence-corrected chi connectivity index (χ1v) is 11.9. The number of anilines is 2. The van der Waals surface area contributed by atoms with Crippen LogP contribution in [0.4, 0.5) is 11.6 Å². The fourth-order valence-corrected chi connectivity index (χ4v) is 4.70. The van der Waals surface area contributed by atoms with Gasteiger partial charge in [0, 0.05) is 64.0 Å². The molecule has 2 aliphatic heterocycles. The molecule has 2 fully saturated rings. The number of piperazine rings is 2. The molecule has 1 aromatic carbocycles. The number of rotatable bonds is 4. The maximum atomic E-state index is 13.4. The van der Waals surface area contributed by atoms with Crippen LogP contribution in [0.1, 0.15) is 16.1 Å². The minimum absolute atomic E-state index is 0.0888. The molecule has 2 aliphatic rings. The third-order valence-electron chi connectivity index (χ3n) is 6.56. The van der Waals surface area contributed by atoms with Gasteiger partial charge in [0.15, 0.2) is 0 Å². The molecule has 1 amide bonds. The lowest BCUT2D eigenvalue weighted by Gasteiger charge is -2.36. The molecule has 0 spiro atoms. The van der Waals surface area contributed by atoms with Gasteiger partial charge in [0.05, 0.1) is 5.02 Å². The first-order chi connectivity index (χ1) is 16.5. The molecule has 0 unspecified atom stereocenters. The van der Waals surface area contributed by atoms with Crippen molar-refractivity contribution >= 4 is 29.1 Å². The zero-order valence-corrected chi connectivity index (χ0v) is 20.2. The van der Waals surface area contributed by atoms with Crippen LogP contribution in [-0.4, -0.2) is 90.2 Å². The van der Waals surface area contributed by atoms with E-state index in [0.29, 0.717) is 53.8 Å². The van der Waals surface area contributed by atoms with E-state index in [2.05, 4.69) is 42.9 Å². The van der Waals surface area contributed by atoms with E-state index in [9.17, 15) is 4.79 Å². The average molecular weight is 482 g/mol. The lowest BCUT2D eigenvalue weighted by atomic mass is 10.0. The first-order valence-electron chi connectivity index (χ1n) is 11.5. The van der Waals surface area contributed by atoms with Crippen LogP contribution in [-0.2, 0) is 0 Å². The minimum atomic E-state index is -0.0888. The third kappa shape index (κ3) is 4.45. The smallest absolute Gasteiger partial charge is 0.259 e. The number of benzene rings is 1. The quantitative estimate of drug-likeness (QED) is 0.562. The SMILES string of the molecule is Cc1onc(-c2ccccc2Cl)c1C(=O)N1CCN(c2cc(N3CCN(C)CC3)ncn2)CC1. The number of likely N-dealkylation sites (N-methyl/N-ethyl adjacent to an activating group) is 1. The second-order valence-electron chi connectivity index (χ2n) is 8.75. The van der Waals surface area contributed by atoms with Gasteiger partial charge in [-0.25, -0.2) is 9.97 Å². The van der Waals surface area contributed by atoms with Crippen LogP contribution in [0.2, 0.25) is 5.02 Å². The standard InChI is InChI=1S/C24H28ClN7O2/c1-17-22(23(28-34-17)18-5-3-4-6-19(18)25)24(33)32-13-11-31(12-14-32)21-15-20(26-16-27-21)30-9-7-29(2)8-10-30/h3-6,15-16H,7-14H2,1-2H3. The average Bonchev–Trinajstić information content (AvgIpc) is 3.25. The normalized spacial score (nSPS) is 17.3. The highest BCUT2D eigenvalue weighted by molar-refractivity contribution is 6.33. The summed E-state index contributed by atoms with van der Waals surface area (Å²) in [5.41, 5.74) is 1.66. The molecule has 10 heteroatoms. The van der Waals surface area contributed by atoms with Crippen LogP contribution in [0.3, 0.4) is 0 Å². The summed E-state index contributed by atoms with van der Waals surface area (Å²) in [6.07, 6.45) is 1.64. The number of amides is 1. The summed E-state index contributed by atoms with van der Waals surface area (Å²) in [7, 11) is 2.14. The number of hydrogen-bond donors (Lipinski definition) is 0. The number of halogens is 1. The van der Waals surface area contributed by atoms with Gasteiger partial charge in [0.25, 0.3) is 5.91 Å². The van der Waals surface area contributed by atoms with Crippen molar-refractivity contribution in [2.24, 2.45) is 0 Å². The lowest BCUT2D eigenvalue weighted by molar-refractivity contribution is 0.0745. The Hall–Kier alpha value is -3.17. The maximum absolute atomic E-state index is 13.4. The molecule has 0 N–H and O–H groups in total. The predicted octanol–water partition coefficient (Wildman–Crippen LogP) is 2.81. The van der Waals surface area contributed by atoms with Crippen molar-refractivity contribution in [3.8, 4) is 11.3 Å². The van der Waals surface area contributed by atoms with Crippen molar-refractivity contribution in [3.05, 3.63) is 53.0 Å². The van der Waals surface area contributed by atoms with Gasteiger partial charge < -0.3 is 24.1 Å². The van der Waals surface area contributed by atoms with Crippen LogP contribution in [0, 0.1) is 6.92 Å². The molecular weight excluding hydrogens is 454 g/mol. The predicted molar refractivity (Wildman–Crippen MR) is 132 cm³/mol. The fraction of sp³-hybridized carbons (Fsp3) is 0.417. The fourth-order valence-electron chi connectivity index (χ4n) is 4.48. The molecule has 2 saturated heterocycles. The van der Waals surface area contributed by atoms with Gasteiger partial charge in [-0.3, -0.25) is 4.79 Å². The molecular formula is C24H28ClN7O2. The highest BCUT2D eigenvalue weighted by Crippen LogP contribution is 2.32. The Morgan fingerprint density at radius 1 is 0.941 bits per heavy atom. The zero-order valence-electron chi connectivity index (χ0n) is 19.4. The Morgan fingerprint density at radius 2 is 1.56 bits per heavy atom. The van der Waals surface area contributed by atoms with Crippen LogP contribution in [0.25, 0.3) is 11.3 Å². The van der Waals surface area contributed by atoms with Gasteiger partial charge in [0.2, 0.25) is 0 Å². The van der Waals surface area contributed by atoms with Crippen LogP contribution < -0.4 is 9.80 Å². The molecule has 0 saturated carbocycles. The summed E-state index contributed by atoms with van der Waals surface area (Å²) in [4.78, 5) is 31.1. The molecule has 0 atom stereocenters. The summed E-state index contributed by atoms with van der Waals surface area (Å²) in [6.45, 7) is 8.28. The Labute approximate surface area is 203 Å². The van der Waals surface area contributed by atoms with E-state index in [4.69, 9.17) is 16.1 Å². The highest BCUT2D eigenvalue weighted by atomic mass is 35.5. The van der Waals surface area contributed by atoms with Crippen molar-refractivity contribution in [1.82, 2.24) is 24.9 Å². The van der Waals surface area contributed by atoms with E-state index in [1.165, 1.54) is 0 Å². The summed E-state index contributed by atoms with van der Waals surface area (Å²) in [5.74, 6) is 2.26. The Morgan fingerprint density at radius 3 is 2.21 bits per heavy atom. The van der Waals surface area contributed by atoms with Gasteiger partial charge in [0.1, 0.15) is 35.0 Å². The highest BCUT2D eigenvalue weighted by Gasteiger charge is 2.30. The van der Waals surface area contributed by atoms with Crippen molar-refractivity contribution in [3.63, 3.8) is 0 Å². The van der Waals surface area contributed by atoms with E-state index in [1.807, 2.05) is 23.1 Å². The molecule has 0 aliphatic carbocycles. The summed E-state index contributed by atoms with van der Waals surface area (Å²) in [6, 6.07) is 9.41. The van der Waals surface area contributed by atoms with Gasteiger partial charge in [-0.05, 0) is 20.0 Å². The van der Waals surface area contributed by atoms with Gasteiger partial charge >= 0.3 is 0 Å². The Balaban J connectivity index is 1.28. The largest absolute Gasteiger partial charge is 0.360 e. The molecule has 34 heavy (non-hydrogen) atoms. The number of nitrogens with zero attached hydrogens (tertiary/aromatic N) is 7. The van der Waals surface area contributed by atoms with Crippen molar-refractivity contribution in [1.29, 1.82) is 0 Å². The topological polar surface area (TPSA) is 81.8 Å². The first kappa shape index (κ1) is 22.6. The second-order valence-corrected chi connectivity index (χ2v) is 9.15. The Kier molecular flexibility index (Phi) is 6.38.